The molecule has 34 heavy (non-hydrogen) atoms. The molecule has 0 spiro atoms. The van der Waals surface area contributed by atoms with Gasteiger partial charge in [0.2, 0.25) is 5.91 Å². The number of carbonyl (C=O) groups is 3. The van der Waals surface area contributed by atoms with Crippen molar-refractivity contribution in [2.45, 2.75) is 6.92 Å². The zero-order valence-electron chi connectivity index (χ0n) is 18.9. The monoisotopic (exact) mass is 457 g/mol. The van der Waals surface area contributed by atoms with Gasteiger partial charge in [0.05, 0.1) is 25.5 Å². The van der Waals surface area contributed by atoms with E-state index in [1.807, 2.05) is 6.07 Å². The minimum Gasteiger partial charge on any atom is -0.493 e. The first-order valence-corrected chi connectivity index (χ1v) is 10.5. The lowest BCUT2D eigenvalue weighted by molar-refractivity contribution is -0.120. The van der Waals surface area contributed by atoms with Crippen LogP contribution in [0, 0.1) is 0 Å². The molecule has 1 aliphatic rings. The molecule has 2 N–H and O–H groups in total. The Labute approximate surface area is 196 Å². The number of hydrogen-bond donors (Lipinski definition) is 2. The smallest absolute Gasteiger partial charge is 0.282 e. The highest BCUT2D eigenvalue weighted by Gasteiger charge is 2.40. The van der Waals surface area contributed by atoms with Crippen LogP contribution in [0.1, 0.15) is 12.5 Å². The van der Waals surface area contributed by atoms with Crippen LogP contribution in [0.3, 0.4) is 0 Å². The quantitative estimate of drug-likeness (QED) is 0.520. The second-order valence-corrected chi connectivity index (χ2v) is 7.48. The van der Waals surface area contributed by atoms with Gasteiger partial charge in [0.15, 0.2) is 11.5 Å². The van der Waals surface area contributed by atoms with Gasteiger partial charge in [-0.05, 0) is 42.0 Å². The van der Waals surface area contributed by atoms with E-state index in [9.17, 15) is 14.4 Å². The van der Waals surface area contributed by atoms with Gasteiger partial charge in [0, 0.05) is 24.4 Å². The van der Waals surface area contributed by atoms with E-state index >= 15 is 0 Å². The van der Waals surface area contributed by atoms with Gasteiger partial charge in [-0.3, -0.25) is 14.4 Å². The molecule has 8 heteroatoms. The number of imide groups is 1. The SMILES string of the molecule is COc1ccc(NC2=C(c3ccc(NC(C)=O)cc3)C(=O)N(c3ccccc3)C2=O)cc1OC. The number of ether oxygens (including phenoxy) is 2. The maximum atomic E-state index is 13.5. The molecule has 0 aromatic heterocycles. The first-order valence-electron chi connectivity index (χ1n) is 10.5. The third-order valence-electron chi connectivity index (χ3n) is 5.25. The summed E-state index contributed by atoms with van der Waals surface area (Å²) in [6.45, 7) is 1.42. The average molecular weight is 457 g/mol. The molecule has 3 aromatic carbocycles. The molecular formula is C26H23N3O5. The van der Waals surface area contributed by atoms with Crippen molar-refractivity contribution in [3.8, 4) is 11.5 Å². The fourth-order valence-corrected chi connectivity index (χ4v) is 3.71. The van der Waals surface area contributed by atoms with Crippen LogP contribution in [0.15, 0.2) is 78.5 Å². The van der Waals surface area contributed by atoms with Crippen LogP contribution in [-0.4, -0.2) is 31.9 Å². The van der Waals surface area contributed by atoms with Crippen LogP contribution in [0.2, 0.25) is 0 Å². The number of methoxy groups -OCH3 is 2. The topological polar surface area (TPSA) is 97.0 Å². The maximum absolute atomic E-state index is 13.5. The Morgan fingerprint density at radius 2 is 1.44 bits per heavy atom. The molecule has 4 rings (SSSR count). The second kappa shape index (κ2) is 9.50. The van der Waals surface area contributed by atoms with Crippen molar-refractivity contribution in [1.29, 1.82) is 0 Å². The Kier molecular flexibility index (Phi) is 6.31. The van der Waals surface area contributed by atoms with Crippen LogP contribution < -0.4 is 25.0 Å². The summed E-state index contributed by atoms with van der Waals surface area (Å²) in [7, 11) is 3.05. The molecule has 0 saturated carbocycles. The van der Waals surface area contributed by atoms with Crippen LogP contribution in [0.4, 0.5) is 17.1 Å². The summed E-state index contributed by atoms with van der Waals surface area (Å²) in [4.78, 5) is 39.4. The van der Waals surface area contributed by atoms with E-state index in [-0.39, 0.29) is 17.2 Å². The van der Waals surface area contributed by atoms with Crippen molar-refractivity contribution in [1.82, 2.24) is 0 Å². The normalized spacial score (nSPS) is 13.2. The largest absolute Gasteiger partial charge is 0.493 e. The summed E-state index contributed by atoms with van der Waals surface area (Å²) >= 11 is 0. The molecule has 0 fully saturated rings. The molecule has 8 nitrogen and oxygen atoms in total. The first kappa shape index (κ1) is 22.6. The maximum Gasteiger partial charge on any atom is 0.282 e. The summed E-state index contributed by atoms with van der Waals surface area (Å²) in [5.74, 6) is -0.120. The van der Waals surface area contributed by atoms with Crippen LogP contribution >= 0.6 is 0 Å². The molecule has 0 bridgehead atoms. The first-order chi connectivity index (χ1) is 16.4. The molecule has 0 aliphatic carbocycles. The molecule has 0 saturated heterocycles. The van der Waals surface area contributed by atoms with E-state index in [4.69, 9.17) is 9.47 Å². The molecule has 1 heterocycles. The molecule has 3 aromatic rings. The highest BCUT2D eigenvalue weighted by atomic mass is 16.5. The van der Waals surface area contributed by atoms with E-state index in [2.05, 4.69) is 10.6 Å². The van der Waals surface area contributed by atoms with E-state index in [0.717, 1.165) is 4.90 Å². The Hall–Kier alpha value is -4.59. The number of carbonyl (C=O) groups excluding carboxylic acids is 3. The van der Waals surface area contributed by atoms with Gasteiger partial charge in [-0.1, -0.05) is 30.3 Å². The third kappa shape index (κ3) is 4.33. The fourth-order valence-electron chi connectivity index (χ4n) is 3.71. The van der Waals surface area contributed by atoms with Crippen molar-refractivity contribution in [3.63, 3.8) is 0 Å². The Balaban J connectivity index is 1.78. The van der Waals surface area contributed by atoms with Gasteiger partial charge >= 0.3 is 0 Å². The molecule has 172 valence electrons. The van der Waals surface area contributed by atoms with Crippen molar-refractivity contribution in [3.05, 3.63) is 84.1 Å². The zero-order chi connectivity index (χ0) is 24.2. The van der Waals surface area contributed by atoms with Crippen molar-refractivity contribution >= 4 is 40.4 Å². The van der Waals surface area contributed by atoms with Crippen molar-refractivity contribution in [2.75, 3.05) is 29.8 Å². The summed E-state index contributed by atoms with van der Waals surface area (Å²) in [5.41, 5.74) is 2.49. The van der Waals surface area contributed by atoms with Gasteiger partial charge in [-0.2, -0.15) is 0 Å². The molecule has 0 radical (unpaired) electrons. The molecule has 3 amide bonds. The van der Waals surface area contributed by atoms with Crippen molar-refractivity contribution < 1.29 is 23.9 Å². The predicted octanol–water partition coefficient (Wildman–Crippen LogP) is 4.06. The lowest BCUT2D eigenvalue weighted by Gasteiger charge is -2.15. The van der Waals surface area contributed by atoms with Gasteiger partial charge in [0.25, 0.3) is 11.8 Å². The Morgan fingerprint density at radius 3 is 2.06 bits per heavy atom. The van der Waals surface area contributed by atoms with Crippen molar-refractivity contribution in [2.24, 2.45) is 0 Å². The fraction of sp³-hybridized carbons (Fsp3) is 0.115. The average Bonchev–Trinajstić information content (AvgIpc) is 3.08. The summed E-state index contributed by atoms with van der Waals surface area (Å²) in [6.07, 6.45) is 0. The van der Waals surface area contributed by atoms with Crippen LogP contribution in [0.25, 0.3) is 5.57 Å². The van der Waals surface area contributed by atoms with Gasteiger partial charge in [0.1, 0.15) is 5.70 Å². The summed E-state index contributed by atoms with van der Waals surface area (Å²) in [6, 6.07) is 20.6. The predicted molar refractivity (Wildman–Crippen MR) is 130 cm³/mol. The summed E-state index contributed by atoms with van der Waals surface area (Å²) < 4.78 is 10.6. The molecule has 1 aliphatic heterocycles. The Morgan fingerprint density at radius 1 is 0.794 bits per heavy atom. The second-order valence-electron chi connectivity index (χ2n) is 7.48. The number of nitrogens with zero attached hydrogens (tertiary/aromatic N) is 1. The summed E-state index contributed by atoms with van der Waals surface area (Å²) in [5, 5.41) is 5.80. The minimum absolute atomic E-state index is 0.133. The molecule has 0 atom stereocenters. The molecule has 0 unspecified atom stereocenters. The lowest BCUT2D eigenvalue weighted by Crippen LogP contribution is -2.32. The number of amides is 3. The number of benzene rings is 3. The van der Waals surface area contributed by atoms with Gasteiger partial charge in [-0.15, -0.1) is 0 Å². The van der Waals surface area contributed by atoms with E-state index in [1.165, 1.54) is 21.1 Å². The Bertz CT molecular complexity index is 1280. The number of para-hydroxylation sites is 1. The van der Waals surface area contributed by atoms with Crippen LogP contribution in [0.5, 0.6) is 11.5 Å². The van der Waals surface area contributed by atoms with E-state index in [1.54, 1.807) is 66.7 Å². The van der Waals surface area contributed by atoms with E-state index in [0.29, 0.717) is 34.1 Å². The highest BCUT2D eigenvalue weighted by molar-refractivity contribution is 6.46. The van der Waals surface area contributed by atoms with Gasteiger partial charge < -0.3 is 20.1 Å². The molecular weight excluding hydrogens is 434 g/mol. The number of rotatable bonds is 7. The number of nitrogens with one attached hydrogen (secondary N) is 2. The van der Waals surface area contributed by atoms with E-state index < -0.39 is 11.8 Å². The third-order valence-corrected chi connectivity index (χ3v) is 5.25. The number of anilines is 3. The van der Waals surface area contributed by atoms with Gasteiger partial charge in [-0.25, -0.2) is 4.90 Å². The van der Waals surface area contributed by atoms with Crippen LogP contribution in [-0.2, 0) is 14.4 Å². The zero-order valence-corrected chi connectivity index (χ0v) is 18.9. The number of hydrogen-bond acceptors (Lipinski definition) is 6. The standard InChI is InChI=1S/C26H23N3O5/c1-16(30)27-18-11-9-17(10-12-18)23-24(28-19-13-14-21(33-2)22(15-19)34-3)26(32)29(25(23)31)20-7-5-4-6-8-20/h4-15,28H,1-3H3,(H,27,30). The highest BCUT2D eigenvalue weighted by Crippen LogP contribution is 2.36. The minimum atomic E-state index is -0.480. The lowest BCUT2D eigenvalue weighted by atomic mass is 10.0.